The summed E-state index contributed by atoms with van der Waals surface area (Å²) in [5.74, 6) is -5.57. The van der Waals surface area contributed by atoms with Gasteiger partial charge in [0.2, 0.25) is 0 Å². The molecule has 7 nitrogen and oxygen atoms in total. The van der Waals surface area contributed by atoms with Gasteiger partial charge in [0, 0.05) is 23.3 Å². The average molecular weight is 458 g/mol. The molecule has 180 valence electrons. The molecule has 2 aliphatic carbocycles. The molecule has 0 aromatic rings. The number of fused-ring (bicyclic) bond motifs is 1. The minimum absolute atomic E-state index is 0.0215. The molecule has 0 saturated heterocycles. The summed E-state index contributed by atoms with van der Waals surface area (Å²) in [6.45, 7) is 9.61. The number of amides is 2. The third kappa shape index (κ3) is 4.60. The van der Waals surface area contributed by atoms with E-state index < -0.39 is 52.8 Å². The van der Waals surface area contributed by atoms with Gasteiger partial charge in [-0.05, 0) is 31.1 Å². The number of carboxylic acids is 1. The fourth-order valence-corrected chi connectivity index (χ4v) is 6.13. The van der Waals surface area contributed by atoms with Crippen LogP contribution < -0.4 is 5.32 Å². The van der Waals surface area contributed by atoms with E-state index in [1.54, 1.807) is 18.2 Å². The van der Waals surface area contributed by atoms with Crippen molar-refractivity contribution in [2.75, 3.05) is 0 Å². The molecule has 1 heterocycles. The van der Waals surface area contributed by atoms with Crippen LogP contribution in [-0.2, 0) is 19.2 Å². The molecule has 1 fully saturated rings. The van der Waals surface area contributed by atoms with Crippen LogP contribution in [0.15, 0.2) is 36.0 Å². The number of carbonyl (C=O) groups is 4. The van der Waals surface area contributed by atoms with Gasteiger partial charge in [-0.3, -0.25) is 24.5 Å². The molecule has 1 aliphatic heterocycles. The first-order valence-electron chi connectivity index (χ1n) is 12.0. The maximum Gasteiger partial charge on any atom is 0.306 e. The molecule has 0 aromatic heterocycles. The van der Waals surface area contributed by atoms with Crippen molar-refractivity contribution in [2.24, 2.45) is 35.5 Å². The van der Waals surface area contributed by atoms with Crippen molar-refractivity contribution in [3.05, 3.63) is 36.0 Å². The van der Waals surface area contributed by atoms with Gasteiger partial charge in [0.1, 0.15) is 0 Å². The summed E-state index contributed by atoms with van der Waals surface area (Å²) in [5.41, 5.74) is -1.40. The summed E-state index contributed by atoms with van der Waals surface area (Å²) in [5, 5.41) is 23.3. The van der Waals surface area contributed by atoms with E-state index in [4.69, 9.17) is 0 Å². The van der Waals surface area contributed by atoms with Crippen LogP contribution >= 0.6 is 0 Å². The number of unbranched alkanes of at least 4 members (excludes halogenated alkanes) is 2. The Labute approximate surface area is 195 Å². The third-order valence-corrected chi connectivity index (χ3v) is 7.70. The Hall–Kier alpha value is -2.54. The lowest BCUT2D eigenvalue weighted by molar-refractivity contribution is -0.155. The van der Waals surface area contributed by atoms with Gasteiger partial charge in [0.25, 0.3) is 11.8 Å². The number of nitrogens with one attached hydrogen (secondary N) is 1. The molecule has 0 spiro atoms. The minimum Gasteiger partial charge on any atom is -0.481 e. The van der Waals surface area contributed by atoms with Gasteiger partial charge in [-0.1, -0.05) is 58.3 Å². The second-order valence-electron chi connectivity index (χ2n) is 9.99. The molecule has 3 N–H and O–H groups in total. The lowest BCUT2D eigenvalue weighted by Gasteiger charge is -2.51. The van der Waals surface area contributed by atoms with E-state index in [0.29, 0.717) is 12.8 Å². The number of carbonyl (C=O) groups excluding carboxylic acids is 3. The van der Waals surface area contributed by atoms with Gasteiger partial charge in [-0.25, -0.2) is 0 Å². The molecule has 0 radical (unpaired) electrons. The Morgan fingerprint density at radius 3 is 2.58 bits per heavy atom. The van der Waals surface area contributed by atoms with Crippen molar-refractivity contribution in [2.45, 2.75) is 64.9 Å². The Morgan fingerprint density at radius 2 is 1.97 bits per heavy atom. The lowest BCUT2D eigenvalue weighted by Crippen LogP contribution is -2.55. The van der Waals surface area contributed by atoms with Gasteiger partial charge in [-0.15, -0.1) is 6.58 Å². The van der Waals surface area contributed by atoms with Crippen LogP contribution in [0.4, 0.5) is 0 Å². The number of imide groups is 1. The highest BCUT2D eigenvalue weighted by molar-refractivity contribution is 6.33. The van der Waals surface area contributed by atoms with E-state index in [9.17, 15) is 29.4 Å². The summed E-state index contributed by atoms with van der Waals surface area (Å²) < 4.78 is 0. The van der Waals surface area contributed by atoms with Gasteiger partial charge < -0.3 is 10.2 Å². The van der Waals surface area contributed by atoms with Crippen molar-refractivity contribution in [1.29, 1.82) is 0 Å². The van der Waals surface area contributed by atoms with Crippen LogP contribution in [0.1, 0.15) is 59.3 Å². The Bertz CT molecular complexity index is 918. The second-order valence-corrected chi connectivity index (χ2v) is 9.99. The summed E-state index contributed by atoms with van der Waals surface area (Å²) in [6, 6.07) is 0. The van der Waals surface area contributed by atoms with Crippen LogP contribution in [0.5, 0.6) is 0 Å². The molecular weight excluding hydrogens is 422 g/mol. The third-order valence-electron chi connectivity index (χ3n) is 7.70. The van der Waals surface area contributed by atoms with Crippen molar-refractivity contribution in [1.82, 2.24) is 5.32 Å². The summed E-state index contributed by atoms with van der Waals surface area (Å²) >= 11 is 0. The smallest absolute Gasteiger partial charge is 0.306 e. The van der Waals surface area contributed by atoms with Gasteiger partial charge in [-0.2, -0.15) is 0 Å². The SMILES string of the molecule is C=CC(CCCCC)C1=C(C(=O)C2C3[C@@H](C)C[C@@H](C(=O)O)C[C@@]3(O)C=C[C@H]2C)C(=O)NC1=O. The number of Topliss-reactive ketones (excluding diaryl/α,β-unsaturated/α-hetero) is 1. The fourth-order valence-electron chi connectivity index (χ4n) is 6.13. The largest absolute Gasteiger partial charge is 0.481 e. The van der Waals surface area contributed by atoms with Crippen LogP contribution in [0.2, 0.25) is 0 Å². The number of aliphatic carboxylic acids is 1. The van der Waals surface area contributed by atoms with Crippen molar-refractivity contribution >= 4 is 23.6 Å². The highest BCUT2D eigenvalue weighted by Crippen LogP contribution is 2.51. The number of rotatable bonds is 9. The lowest BCUT2D eigenvalue weighted by atomic mass is 9.55. The van der Waals surface area contributed by atoms with Crippen LogP contribution in [0.3, 0.4) is 0 Å². The Morgan fingerprint density at radius 1 is 1.27 bits per heavy atom. The van der Waals surface area contributed by atoms with E-state index in [0.717, 1.165) is 19.3 Å². The second kappa shape index (κ2) is 9.75. The first-order chi connectivity index (χ1) is 15.6. The van der Waals surface area contributed by atoms with E-state index in [1.807, 2.05) is 13.8 Å². The highest BCUT2D eigenvalue weighted by atomic mass is 16.4. The monoisotopic (exact) mass is 457 g/mol. The number of ketones is 1. The van der Waals surface area contributed by atoms with Crippen molar-refractivity contribution in [3.63, 3.8) is 0 Å². The Balaban J connectivity index is 2.02. The molecule has 33 heavy (non-hydrogen) atoms. The van der Waals surface area contributed by atoms with E-state index in [1.165, 1.54) is 0 Å². The van der Waals surface area contributed by atoms with Crippen molar-refractivity contribution in [3.8, 4) is 0 Å². The highest BCUT2D eigenvalue weighted by Gasteiger charge is 2.55. The first kappa shape index (κ1) is 25.1. The van der Waals surface area contributed by atoms with E-state index in [2.05, 4.69) is 18.8 Å². The quantitative estimate of drug-likeness (QED) is 0.212. The number of hydrogen-bond donors (Lipinski definition) is 3. The number of carboxylic acid groups (broad SMARTS) is 1. The molecule has 2 amide bonds. The van der Waals surface area contributed by atoms with Crippen molar-refractivity contribution < 1.29 is 29.4 Å². The van der Waals surface area contributed by atoms with Crippen LogP contribution in [0, 0.1) is 35.5 Å². The molecular formula is C26H35NO6. The van der Waals surface area contributed by atoms with E-state index in [-0.39, 0.29) is 29.4 Å². The molecule has 3 aliphatic rings. The first-order valence-corrected chi connectivity index (χ1v) is 12.0. The van der Waals surface area contributed by atoms with E-state index >= 15 is 0 Å². The number of allylic oxidation sites excluding steroid dienone is 2. The molecule has 7 atom stereocenters. The molecule has 3 unspecified atom stereocenters. The maximum absolute atomic E-state index is 13.9. The van der Waals surface area contributed by atoms with Gasteiger partial charge in [0.05, 0.1) is 17.1 Å². The summed E-state index contributed by atoms with van der Waals surface area (Å²) in [6.07, 6.45) is 8.79. The number of hydrogen-bond acceptors (Lipinski definition) is 5. The van der Waals surface area contributed by atoms with Gasteiger partial charge >= 0.3 is 5.97 Å². The number of aliphatic hydroxyl groups is 1. The van der Waals surface area contributed by atoms with Gasteiger partial charge in [0.15, 0.2) is 5.78 Å². The van der Waals surface area contributed by atoms with Crippen LogP contribution in [0.25, 0.3) is 0 Å². The Kier molecular flexibility index (Phi) is 7.42. The molecule has 7 heteroatoms. The predicted molar refractivity (Wildman–Crippen MR) is 123 cm³/mol. The molecule has 0 bridgehead atoms. The zero-order valence-corrected chi connectivity index (χ0v) is 19.7. The zero-order chi connectivity index (χ0) is 24.5. The molecule has 0 aromatic carbocycles. The molecule has 1 saturated carbocycles. The average Bonchev–Trinajstić information content (AvgIpc) is 3.05. The fraction of sp³-hybridized carbons (Fsp3) is 0.615. The maximum atomic E-state index is 13.9. The minimum atomic E-state index is -1.45. The summed E-state index contributed by atoms with van der Waals surface area (Å²) in [4.78, 5) is 51.1. The topological polar surface area (TPSA) is 121 Å². The van der Waals surface area contributed by atoms with Crippen LogP contribution in [-0.4, -0.2) is 39.4 Å². The predicted octanol–water partition coefficient (Wildman–Crippen LogP) is 3.19. The molecule has 3 rings (SSSR count). The standard InChI is InChI=1S/C26H35NO6/c1-5-7-8-9-16(6-2)19-20(24(30)27-23(19)29)22(28)18-14(3)10-11-26(33)13-17(25(31)32)12-15(4)21(18)26/h6,10-11,14-18,21,33H,2,5,7-9,12-13H2,1,3-4H3,(H,31,32)(H,27,29,30)/t14-,15+,16?,17-,18?,21?,26+/m1/s1. The summed E-state index contributed by atoms with van der Waals surface area (Å²) in [7, 11) is 0. The zero-order valence-electron chi connectivity index (χ0n) is 19.7. The normalized spacial score (nSPS) is 34.6.